The number of halogens is 1. The summed E-state index contributed by atoms with van der Waals surface area (Å²) in [6.07, 6.45) is 5.41. The van der Waals surface area contributed by atoms with E-state index in [1.54, 1.807) is 12.1 Å². The summed E-state index contributed by atoms with van der Waals surface area (Å²) in [6.45, 7) is 0. The highest BCUT2D eigenvalue weighted by atomic mass is 79.9. The number of nitro groups is 1. The fourth-order valence-electron chi connectivity index (χ4n) is 3.94. The van der Waals surface area contributed by atoms with Gasteiger partial charge in [-0.3, -0.25) is 10.1 Å². The normalized spacial score (nSPS) is 23.5. The number of allylic oxidation sites excluding steroid dienone is 2. The molecule has 1 aliphatic carbocycles. The zero-order valence-corrected chi connectivity index (χ0v) is 15.2. The van der Waals surface area contributed by atoms with E-state index in [-0.39, 0.29) is 22.4 Å². The Bertz CT molecular complexity index is 881. The van der Waals surface area contributed by atoms with Gasteiger partial charge in [-0.05, 0) is 47.7 Å². The molecule has 6 heteroatoms. The molecule has 5 nitrogen and oxygen atoms in total. The Kier molecular flexibility index (Phi) is 4.00. The molecule has 0 saturated heterocycles. The standard InChI is InChI=1S/C19H17BrN2O3/c1-25-18-8-5-11(9-17(18)22(23)24)19-14-4-2-3-13(14)15-10-12(20)6-7-16(15)21-19/h2-3,5-10,13-14,19,21H,4H2,1H3/t13-,14-,19-/m0/s1. The molecule has 2 aliphatic rings. The van der Waals surface area contributed by atoms with E-state index in [1.807, 2.05) is 12.1 Å². The molecule has 2 aromatic carbocycles. The van der Waals surface area contributed by atoms with E-state index >= 15 is 0 Å². The van der Waals surface area contributed by atoms with Crippen LogP contribution in [-0.4, -0.2) is 12.0 Å². The summed E-state index contributed by atoms with van der Waals surface area (Å²) >= 11 is 3.55. The number of fused-ring (bicyclic) bond motifs is 3. The van der Waals surface area contributed by atoms with Crippen LogP contribution in [0.1, 0.15) is 29.5 Å². The first-order chi connectivity index (χ1) is 12.1. The molecule has 0 amide bonds. The predicted molar refractivity (Wildman–Crippen MR) is 100 cm³/mol. The van der Waals surface area contributed by atoms with Crippen molar-refractivity contribution in [2.75, 3.05) is 12.4 Å². The lowest BCUT2D eigenvalue weighted by Gasteiger charge is -2.37. The maximum absolute atomic E-state index is 11.4. The third kappa shape index (κ3) is 2.70. The quantitative estimate of drug-likeness (QED) is 0.437. The monoisotopic (exact) mass is 400 g/mol. The van der Waals surface area contributed by atoms with Gasteiger partial charge in [-0.15, -0.1) is 0 Å². The van der Waals surface area contributed by atoms with Crippen LogP contribution in [0.15, 0.2) is 53.0 Å². The Hall–Kier alpha value is -2.34. The summed E-state index contributed by atoms with van der Waals surface area (Å²) in [5, 5.41) is 15.0. The second-order valence-corrected chi connectivity index (χ2v) is 7.31. The summed E-state index contributed by atoms with van der Waals surface area (Å²) in [4.78, 5) is 11.0. The predicted octanol–water partition coefficient (Wildman–Crippen LogP) is 5.19. The third-order valence-electron chi connectivity index (χ3n) is 5.08. The number of benzene rings is 2. The molecule has 0 radical (unpaired) electrons. The highest BCUT2D eigenvalue weighted by molar-refractivity contribution is 9.10. The molecule has 0 saturated carbocycles. The molecule has 1 aliphatic heterocycles. The molecule has 0 unspecified atom stereocenters. The first kappa shape index (κ1) is 16.1. The van der Waals surface area contributed by atoms with Crippen molar-refractivity contribution in [3.63, 3.8) is 0 Å². The minimum atomic E-state index is -0.388. The van der Waals surface area contributed by atoms with Crippen LogP contribution in [0.2, 0.25) is 0 Å². The van der Waals surface area contributed by atoms with E-state index in [0.29, 0.717) is 11.8 Å². The lowest BCUT2D eigenvalue weighted by Crippen LogP contribution is -2.29. The SMILES string of the molecule is COc1ccc([C@@H]2Nc3ccc(Br)cc3[C@H]3C=CC[C@@H]32)cc1[N+](=O)[O-]. The number of nitro benzene ring substituents is 1. The van der Waals surface area contributed by atoms with E-state index in [2.05, 4.69) is 45.5 Å². The van der Waals surface area contributed by atoms with E-state index in [0.717, 1.165) is 22.1 Å². The van der Waals surface area contributed by atoms with Crippen molar-refractivity contribution in [1.29, 1.82) is 0 Å². The second-order valence-electron chi connectivity index (χ2n) is 6.40. The van der Waals surface area contributed by atoms with Crippen molar-refractivity contribution in [2.45, 2.75) is 18.4 Å². The lowest BCUT2D eigenvalue weighted by atomic mass is 9.77. The molecule has 0 spiro atoms. The van der Waals surface area contributed by atoms with Gasteiger partial charge in [0.2, 0.25) is 0 Å². The number of rotatable bonds is 3. The minimum absolute atomic E-state index is 0.00547. The Balaban J connectivity index is 1.78. The number of methoxy groups -OCH3 is 1. The zero-order chi connectivity index (χ0) is 17.6. The minimum Gasteiger partial charge on any atom is -0.490 e. The van der Waals surface area contributed by atoms with Crippen LogP contribution >= 0.6 is 15.9 Å². The fraction of sp³-hybridized carbons (Fsp3) is 0.263. The molecule has 1 heterocycles. The van der Waals surface area contributed by atoms with Crippen LogP contribution in [0.3, 0.4) is 0 Å². The summed E-state index contributed by atoms with van der Waals surface area (Å²) in [6, 6.07) is 11.5. The number of anilines is 1. The van der Waals surface area contributed by atoms with Gasteiger partial charge in [0.15, 0.2) is 5.75 Å². The number of nitrogens with zero attached hydrogens (tertiary/aromatic N) is 1. The summed E-state index contributed by atoms with van der Waals surface area (Å²) in [5.41, 5.74) is 3.28. The van der Waals surface area contributed by atoms with Crippen LogP contribution in [0.5, 0.6) is 5.75 Å². The molecule has 2 aromatic rings. The number of nitrogens with one attached hydrogen (secondary N) is 1. The van der Waals surface area contributed by atoms with Gasteiger partial charge in [-0.25, -0.2) is 0 Å². The second kappa shape index (κ2) is 6.19. The molecule has 0 aromatic heterocycles. The van der Waals surface area contributed by atoms with Crippen molar-refractivity contribution in [2.24, 2.45) is 5.92 Å². The molecule has 4 rings (SSSR count). The summed E-state index contributed by atoms with van der Waals surface area (Å²) in [7, 11) is 1.45. The molecule has 25 heavy (non-hydrogen) atoms. The Labute approximate surface area is 154 Å². The van der Waals surface area contributed by atoms with Gasteiger partial charge in [0.05, 0.1) is 18.1 Å². The van der Waals surface area contributed by atoms with E-state index < -0.39 is 0 Å². The zero-order valence-electron chi connectivity index (χ0n) is 13.6. The fourth-order valence-corrected chi connectivity index (χ4v) is 4.32. The summed E-state index contributed by atoms with van der Waals surface area (Å²) < 4.78 is 6.19. The number of ether oxygens (including phenoxy) is 1. The Morgan fingerprint density at radius 1 is 1.28 bits per heavy atom. The average Bonchev–Trinajstić information content (AvgIpc) is 3.10. The van der Waals surface area contributed by atoms with E-state index in [9.17, 15) is 10.1 Å². The van der Waals surface area contributed by atoms with Crippen molar-refractivity contribution >= 4 is 27.3 Å². The maximum atomic E-state index is 11.4. The highest BCUT2D eigenvalue weighted by Crippen LogP contribution is 2.50. The molecule has 0 fully saturated rings. The van der Waals surface area contributed by atoms with Crippen LogP contribution in [0.4, 0.5) is 11.4 Å². The molecule has 128 valence electrons. The van der Waals surface area contributed by atoms with Crippen LogP contribution < -0.4 is 10.1 Å². The Morgan fingerprint density at radius 2 is 2.12 bits per heavy atom. The van der Waals surface area contributed by atoms with Crippen LogP contribution in [0.25, 0.3) is 0 Å². The van der Waals surface area contributed by atoms with Gasteiger partial charge < -0.3 is 10.1 Å². The maximum Gasteiger partial charge on any atom is 0.311 e. The van der Waals surface area contributed by atoms with Gasteiger partial charge in [-0.2, -0.15) is 0 Å². The van der Waals surface area contributed by atoms with Gasteiger partial charge in [0, 0.05) is 22.1 Å². The molecular weight excluding hydrogens is 384 g/mol. The third-order valence-corrected chi connectivity index (χ3v) is 5.58. The summed E-state index contributed by atoms with van der Waals surface area (Å²) in [5.74, 6) is 0.949. The smallest absolute Gasteiger partial charge is 0.311 e. The van der Waals surface area contributed by atoms with Gasteiger partial charge in [0.1, 0.15) is 0 Å². The molecule has 3 atom stereocenters. The topological polar surface area (TPSA) is 64.4 Å². The molecule has 1 N–H and O–H groups in total. The van der Waals surface area contributed by atoms with E-state index in [1.165, 1.54) is 12.7 Å². The number of hydrogen-bond acceptors (Lipinski definition) is 4. The molecule has 0 bridgehead atoms. The number of hydrogen-bond donors (Lipinski definition) is 1. The largest absolute Gasteiger partial charge is 0.490 e. The average molecular weight is 401 g/mol. The van der Waals surface area contributed by atoms with Crippen molar-refractivity contribution in [3.05, 3.63) is 74.3 Å². The van der Waals surface area contributed by atoms with E-state index in [4.69, 9.17) is 4.74 Å². The first-order valence-corrected chi connectivity index (χ1v) is 8.93. The lowest BCUT2D eigenvalue weighted by molar-refractivity contribution is -0.385. The van der Waals surface area contributed by atoms with Crippen molar-refractivity contribution in [3.8, 4) is 5.75 Å². The van der Waals surface area contributed by atoms with Gasteiger partial charge in [-0.1, -0.05) is 34.1 Å². The van der Waals surface area contributed by atoms with Crippen LogP contribution in [-0.2, 0) is 0 Å². The Morgan fingerprint density at radius 3 is 2.88 bits per heavy atom. The molecular formula is C19H17BrN2O3. The van der Waals surface area contributed by atoms with Crippen molar-refractivity contribution in [1.82, 2.24) is 0 Å². The first-order valence-electron chi connectivity index (χ1n) is 8.13. The highest BCUT2D eigenvalue weighted by Gasteiger charge is 2.38. The van der Waals surface area contributed by atoms with Crippen LogP contribution in [0, 0.1) is 16.0 Å². The van der Waals surface area contributed by atoms with Gasteiger partial charge in [0.25, 0.3) is 0 Å². The van der Waals surface area contributed by atoms with Crippen molar-refractivity contribution < 1.29 is 9.66 Å². The van der Waals surface area contributed by atoms with Gasteiger partial charge >= 0.3 is 5.69 Å².